The van der Waals surface area contributed by atoms with E-state index >= 15 is 0 Å². The molecule has 1 amide bonds. The molecule has 0 spiro atoms. The van der Waals surface area contributed by atoms with Gasteiger partial charge in [0, 0.05) is 43.6 Å². The minimum absolute atomic E-state index is 0.109. The number of benzene rings is 2. The summed E-state index contributed by atoms with van der Waals surface area (Å²) in [6.45, 7) is 2.61. The summed E-state index contributed by atoms with van der Waals surface area (Å²) in [5.74, 6) is 1.22. The molecule has 2 saturated heterocycles. The Kier molecular flexibility index (Phi) is 5.03. The Bertz CT molecular complexity index is 983. The van der Waals surface area contributed by atoms with Crippen LogP contribution < -0.4 is 0 Å². The molecule has 0 saturated carbocycles. The maximum absolute atomic E-state index is 13.2. The van der Waals surface area contributed by atoms with Crippen LogP contribution >= 0.6 is 0 Å². The van der Waals surface area contributed by atoms with Crippen LogP contribution in [0.1, 0.15) is 36.4 Å². The molecular formula is C26H28N2O2. The van der Waals surface area contributed by atoms with Crippen molar-refractivity contribution < 1.29 is 9.59 Å². The first-order valence-corrected chi connectivity index (χ1v) is 11.0. The number of rotatable bonds is 4. The van der Waals surface area contributed by atoms with Gasteiger partial charge in [-0.25, -0.2) is 0 Å². The average molecular weight is 401 g/mol. The molecule has 30 heavy (non-hydrogen) atoms. The van der Waals surface area contributed by atoms with E-state index in [4.69, 9.17) is 0 Å². The van der Waals surface area contributed by atoms with Crippen molar-refractivity contribution in [3.05, 3.63) is 77.4 Å². The van der Waals surface area contributed by atoms with E-state index in [1.165, 1.54) is 5.56 Å². The maximum Gasteiger partial charge on any atom is 0.227 e. The topological polar surface area (TPSA) is 40.6 Å². The van der Waals surface area contributed by atoms with Crippen molar-refractivity contribution in [2.45, 2.75) is 25.3 Å². The zero-order valence-electron chi connectivity index (χ0n) is 17.5. The van der Waals surface area contributed by atoms with E-state index < -0.39 is 0 Å². The van der Waals surface area contributed by atoms with Gasteiger partial charge >= 0.3 is 0 Å². The molecule has 1 aliphatic carbocycles. The molecule has 2 heterocycles. The van der Waals surface area contributed by atoms with Crippen LogP contribution in [0, 0.1) is 11.8 Å². The molecule has 154 valence electrons. The predicted molar refractivity (Wildman–Crippen MR) is 118 cm³/mol. The fraction of sp³-hybridized carbons (Fsp3) is 0.385. The summed E-state index contributed by atoms with van der Waals surface area (Å²) in [5, 5.41) is 0. The fourth-order valence-corrected chi connectivity index (χ4v) is 5.75. The molecule has 0 radical (unpaired) electrons. The van der Waals surface area contributed by atoms with E-state index in [-0.39, 0.29) is 18.1 Å². The van der Waals surface area contributed by atoms with Crippen LogP contribution in [0.5, 0.6) is 0 Å². The molecule has 0 unspecified atom stereocenters. The van der Waals surface area contributed by atoms with Crippen LogP contribution in [-0.4, -0.2) is 48.2 Å². The van der Waals surface area contributed by atoms with Crippen LogP contribution in [-0.2, 0) is 9.59 Å². The maximum atomic E-state index is 13.2. The minimum atomic E-state index is 0.109. The van der Waals surface area contributed by atoms with Crippen molar-refractivity contribution in [1.29, 1.82) is 0 Å². The van der Waals surface area contributed by atoms with Crippen molar-refractivity contribution in [1.82, 2.24) is 9.80 Å². The van der Waals surface area contributed by atoms with Gasteiger partial charge in [-0.2, -0.15) is 0 Å². The second-order valence-electron chi connectivity index (χ2n) is 8.94. The summed E-state index contributed by atoms with van der Waals surface area (Å²) in [5.41, 5.74) is 4.22. The van der Waals surface area contributed by atoms with Crippen molar-refractivity contribution in [3.63, 3.8) is 0 Å². The van der Waals surface area contributed by atoms with E-state index in [1.54, 1.807) is 0 Å². The van der Waals surface area contributed by atoms with Crippen LogP contribution in [0.2, 0.25) is 0 Å². The number of allylic oxidation sites excluding steroid dienone is 1. The van der Waals surface area contributed by atoms with Crippen molar-refractivity contribution in [2.75, 3.05) is 26.7 Å². The summed E-state index contributed by atoms with van der Waals surface area (Å²) < 4.78 is 0. The summed E-state index contributed by atoms with van der Waals surface area (Å²) in [6, 6.07) is 21.0. The van der Waals surface area contributed by atoms with Gasteiger partial charge in [-0.3, -0.25) is 14.5 Å². The number of Topliss-reactive ketones (excluding diaryl/α,β-unsaturated/α-hetero) is 1. The summed E-state index contributed by atoms with van der Waals surface area (Å²) >= 11 is 0. The van der Waals surface area contributed by atoms with Gasteiger partial charge in [-0.15, -0.1) is 0 Å². The lowest BCUT2D eigenvalue weighted by molar-refractivity contribution is -0.130. The molecule has 0 aromatic heterocycles. The molecule has 2 aromatic carbocycles. The van der Waals surface area contributed by atoms with Gasteiger partial charge in [-0.1, -0.05) is 60.7 Å². The van der Waals surface area contributed by atoms with E-state index in [1.807, 2.05) is 35.2 Å². The summed E-state index contributed by atoms with van der Waals surface area (Å²) in [7, 11) is 2.19. The second-order valence-corrected chi connectivity index (χ2v) is 8.94. The number of hydrogen-bond donors (Lipinski definition) is 0. The number of carbonyl (C=O) groups excluding carboxylic acids is 2. The Hall–Kier alpha value is -2.72. The number of ketones is 1. The predicted octanol–water partition coefficient (Wildman–Crippen LogP) is 3.95. The number of amides is 1. The summed E-state index contributed by atoms with van der Waals surface area (Å²) in [6.07, 6.45) is 1.52. The third kappa shape index (κ3) is 3.39. The SMILES string of the molecule is CN1C[C@H]2CN(C(=O)CC3=C(c4ccccc4)CCC3=O)C[C@H]2[C@@H]1c1ccccc1. The number of nitrogens with zero attached hydrogens (tertiary/aromatic N) is 2. The average Bonchev–Trinajstić information content (AvgIpc) is 3.42. The second kappa shape index (κ2) is 7.84. The molecule has 3 atom stereocenters. The van der Waals surface area contributed by atoms with Gasteiger partial charge in [0.05, 0.1) is 6.42 Å². The summed E-state index contributed by atoms with van der Waals surface area (Å²) in [4.78, 5) is 30.2. The standard InChI is InChI=1S/C26H28N2O2/c1-27-15-20-16-28(17-23(20)26(27)19-10-6-3-7-11-19)25(30)14-22-21(12-13-24(22)29)18-8-4-2-5-9-18/h2-11,20,23,26H,12-17H2,1H3/t20-,23+,26-/m0/s1. The number of fused-ring (bicyclic) bond motifs is 1. The van der Waals surface area contributed by atoms with Gasteiger partial charge in [0.15, 0.2) is 5.78 Å². The van der Waals surface area contributed by atoms with Crippen molar-refractivity contribution in [2.24, 2.45) is 11.8 Å². The van der Waals surface area contributed by atoms with Crippen molar-refractivity contribution >= 4 is 17.3 Å². The number of hydrogen-bond acceptors (Lipinski definition) is 3. The number of carbonyl (C=O) groups is 2. The first-order valence-electron chi connectivity index (χ1n) is 11.0. The lowest BCUT2D eigenvalue weighted by Crippen LogP contribution is -2.33. The van der Waals surface area contributed by atoms with Gasteiger partial charge in [0.25, 0.3) is 0 Å². The van der Waals surface area contributed by atoms with Gasteiger partial charge in [-0.05, 0) is 36.1 Å². The Morgan fingerprint density at radius 2 is 1.63 bits per heavy atom. The lowest BCUT2D eigenvalue weighted by atomic mass is 9.90. The van der Waals surface area contributed by atoms with Gasteiger partial charge in [0.1, 0.15) is 0 Å². The molecule has 2 fully saturated rings. The zero-order valence-corrected chi connectivity index (χ0v) is 17.5. The third-order valence-corrected chi connectivity index (χ3v) is 7.14. The molecule has 4 nitrogen and oxygen atoms in total. The smallest absolute Gasteiger partial charge is 0.227 e. The van der Waals surface area contributed by atoms with E-state index in [0.29, 0.717) is 24.3 Å². The Morgan fingerprint density at radius 1 is 0.933 bits per heavy atom. The molecule has 4 heteroatoms. The minimum Gasteiger partial charge on any atom is -0.342 e. The monoisotopic (exact) mass is 400 g/mol. The highest BCUT2D eigenvalue weighted by molar-refractivity contribution is 6.10. The van der Waals surface area contributed by atoms with E-state index in [0.717, 1.165) is 42.8 Å². The van der Waals surface area contributed by atoms with Crippen LogP contribution in [0.3, 0.4) is 0 Å². The molecular weight excluding hydrogens is 372 g/mol. The Morgan fingerprint density at radius 3 is 2.37 bits per heavy atom. The zero-order chi connectivity index (χ0) is 20.7. The molecule has 5 rings (SSSR count). The Balaban J connectivity index is 1.33. The molecule has 2 aliphatic heterocycles. The highest BCUT2D eigenvalue weighted by atomic mass is 16.2. The van der Waals surface area contributed by atoms with E-state index in [2.05, 4.69) is 42.3 Å². The van der Waals surface area contributed by atoms with E-state index in [9.17, 15) is 9.59 Å². The number of likely N-dealkylation sites (tertiary alicyclic amines) is 2. The highest BCUT2D eigenvalue weighted by Crippen LogP contribution is 2.44. The molecule has 2 aromatic rings. The first-order chi connectivity index (χ1) is 14.6. The highest BCUT2D eigenvalue weighted by Gasteiger charge is 2.47. The normalized spacial score (nSPS) is 26.5. The van der Waals surface area contributed by atoms with Crippen LogP contribution in [0.25, 0.3) is 5.57 Å². The first kappa shape index (κ1) is 19.3. The fourth-order valence-electron chi connectivity index (χ4n) is 5.75. The third-order valence-electron chi connectivity index (χ3n) is 7.14. The lowest BCUT2D eigenvalue weighted by Gasteiger charge is -2.27. The van der Waals surface area contributed by atoms with Gasteiger partial charge < -0.3 is 4.90 Å². The largest absolute Gasteiger partial charge is 0.342 e. The molecule has 3 aliphatic rings. The Labute approximate surface area is 178 Å². The quantitative estimate of drug-likeness (QED) is 0.780. The molecule has 0 bridgehead atoms. The van der Waals surface area contributed by atoms with Crippen LogP contribution in [0.4, 0.5) is 0 Å². The van der Waals surface area contributed by atoms with Crippen molar-refractivity contribution in [3.8, 4) is 0 Å². The molecule has 0 N–H and O–H groups in total. The van der Waals surface area contributed by atoms with Crippen LogP contribution in [0.15, 0.2) is 66.2 Å². The van der Waals surface area contributed by atoms with Gasteiger partial charge in [0.2, 0.25) is 5.91 Å².